The normalized spacial score (nSPS) is 18.3. The molecule has 1 heterocycles. The lowest BCUT2D eigenvalue weighted by Crippen LogP contribution is -2.55. The van der Waals surface area contributed by atoms with Crippen molar-refractivity contribution in [2.45, 2.75) is 18.9 Å². The Kier molecular flexibility index (Phi) is 5.52. The molecule has 4 heteroatoms. The van der Waals surface area contributed by atoms with E-state index >= 15 is 0 Å². The Morgan fingerprint density at radius 3 is 1.97 bits per heavy atom. The third kappa shape index (κ3) is 3.83. The topological polar surface area (TPSA) is 38.8 Å². The molecule has 3 aromatic carbocycles. The molecule has 148 valence electrons. The molecule has 3 aromatic rings. The number of nitrogens with zero attached hydrogens (tertiary/aromatic N) is 1. The number of hydrogen-bond acceptors (Lipinski definition) is 3. The molecule has 2 atom stereocenters. The van der Waals surface area contributed by atoms with Gasteiger partial charge in [0.05, 0.1) is 26.2 Å². The summed E-state index contributed by atoms with van der Waals surface area (Å²) in [5, 5.41) is 0. The van der Waals surface area contributed by atoms with Gasteiger partial charge < -0.3 is 14.4 Å². The zero-order chi connectivity index (χ0) is 20.2. The molecule has 0 bridgehead atoms. The molecule has 1 aliphatic heterocycles. The second-order valence-corrected chi connectivity index (χ2v) is 7.26. The van der Waals surface area contributed by atoms with Gasteiger partial charge in [0.1, 0.15) is 11.5 Å². The SMILES string of the molecule is COc1ccc([C@H]2[C@H](CCc3ccccc3)C(=O)N2c2ccc(OC)cc2)cc1. The highest BCUT2D eigenvalue weighted by molar-refractivity contribution is 6.03. The Balaban J connectivity index is 1.60. The second-order valence-electron chi connectivity index (χ2n) is 7.26. The lowest BCUT2D eigenvalue weighted by Gasteiger charge is -2.47. The maximum absolute atomic E-state index is 13.1. The summed E-state index contributed by atoms with van der Waals surface area (Å²) in [6.07, 6.45) is 1.71. The predicted octanol–water partition coefficient (Wildman–Crippen LogP) is 5.04. The van der Waals surface area contributed by atoms with E-state index < -0.39 is 0 Å². The van der Waals surface area contributed by atoms with Gasteiger partial charge in [0, 0.05) is 5.69 Å². The van der Waals surface area contributed by atoms with E-state index in [-0.39, 0.29) is 17.9 Å². The van der Waals surface area contributed by atoms with Gasteiger partial charge in [0.15, 0.2) is 0 Å². The first-order valence-electron chi connectivity index (χ1n) is 9.86. The average Bonchev–Trinajstić information content (AvgIpc) is 2.78. The van der Waals surface area contributed by atoms with Crippen molar-refractivity contribution in [3.05, 3.63) is 90.0 Å². The summed E-state index contributed by atoms with van der Waals surface area (Å²) in [6.45, 7) is 0. The van der Waals surface area contributed by atoms with E-state index in [4.69, 9.17) is 9.47 Å². The Morgan fingerprint density at radius 2 is 1.38 bits per heavy atom. The number of amides is 1. The number of carbonyl (C=O) groups excluding carboxylic acids is 1. The van der Waals surface area contributed by atoms with Crippen LogP contribution in [0.25, 0.3) is 0 Å². The van der Waals surface area contributed by atoms with Crippen LogP contribution in [-0.4, -0.2) is 20.1 Å². The predicted molar refractivity (Wildman–Crippen MR) is 114 cm³/mol. The monoisotopic (exact) mass is 387 g/mol. The van der Waals surface area contributed by atoms with Gasteiger partial charge >= 0.3 is 0 Å². The fraction of sp³-hybridized carbons (Fsp3) is 0.240. The van der Waals surface area contributed by atoms with Crippen LogP contribution in [0, 0.1) is 5.92 Å². The minimum atomic E-state index is -0.0364. The summed E-state index contributed by atoms with van der Waals surface area (Å²) in [5.74, 6) is 1.73. The number of aryl methyl sites for hydroxylation is 1. The molecule has 4 nitrogen and oxygen atoms in total. The summed E-state index contributed by atoms with van der Waals surface area (Å²) in [4.78, 5) is 15.0. The number of rotatable bonds is 7. The molecular weight excluding hydrogens is 362 g/mol. The first-order valence-corrected chi connectivity index (χ1v) is 9.86. The quantitative estimate of drug-likeness (QED) is 0.533. The van der Waals surface area contributed by atoms with Crippen LogP contribution in [0.3, 0.4) is 0 Å². The molecule has 0 aliphatic carbocycles. The van der Waals surface area contributed by atoms with E-state index in [2.05, 4.69) is 24.3 Å². The number of carbonyl (C=O) groups is 1. The van der Waals surface area contributed by atoms with E-state index in [9.17, 15) is 4.79 Å². The summed E-state index contributed by atoms with van der Waals surface area (Å²) >= 11 is 0. The van der Waals surface area contributed by atoms with Crippen LogP contribution in [0.1, 0.15) is 23.6 Å². The smallest absolute Gasteiger partial charge is 0.233 e. The van der Waals surface area contributed by atoms with Crippen molar-refractivity contribution >= 4 is 11.6 Å². The van der Waals surface area contributed by atoms with E-state index in [1.54, 1.807) is 14.2 Å². The summed E-state index contributed by atoms with van der Waals surface area (Å²) in [5.41, 5.74) is 3.28. The number of methoxy groups -OCH3 is 2. The minimum Gasteiger partial charge on any atom is -0.497 e. The first kappa shape index (κ1) is 19.1. The van der Waals surface area contributed by atoms with E-state index in [1.165, 1.54) is 5.56 Å². The van der Waals surface area contributed by atoms with Gasteiger partial charge in [-0.05, 0) is 60.4 Å². The summed E-state index contributed by atoms with van der Waals surface area (Å²) in [6, 6.07) is 26.1. The first-order chi connectivity index (χ1) is 14.2. The molecule has 1 aliphatic rings. The van der Waals surface area contributed by atoms with E-state index in [0.29, 0.717) is 0 Å². The third-order valence-corrected chi connectivity index (χ3v) is 5.61. The Morgan fingerprint density at radius 1 is 0.793 bits per heavy atom. The Hall–Kier alpha value is -3.27. The average molecular weight is 387 g/mol. The zero-order valence-electron chi connectivity index (χ0n) is 16.7. The lowest BCUT2D eigenvalue weighted by molar-refractivity contribution is -0.130. The van der Waals surface area contributed by atoms with Gasteiger partial charge in [-0.3, -0.25) is 4.79 Å². The number of β-lactam (4-membered cyclic amide) rings is 1. The molecule has 29 heavy (non-hydrogen) atoms. The maximum atomic E-state index is 13.1. The van der Waals surface area contributed by atoms with Gasteiger partial charge in [0.2, 0.25) is 5.91 Å². The molecule has 1 fully saturated rings. The lowest BCUT2D eigenvalue weighted by atomic mass is 9.78. The van der Waals surface area contributed by atoms with Crippen molar-refractivity contribution in [1.82, 2.24) is 0 Å². The summed E-state index contributed by atoms with van der Waals surface area (Å²) in [7, 11) is 3.30. The molecular formula is C25H25NO3. The van der Waals surface area contributed by atoms with Crippen molar-refractivity contribution in [2.24, 2.45) is 5.92 Å². The van der Waals surface area contributed by atoms with Crippen LogP contribution in [-0.2, 0) is 11.2 Å². The van der Waals surface area contributed by atoms with Gasteiger partial charge in [0.25, 0.3) is 0 Å². The van der Waals surface area contributed by atoms with Crippen molar-refractivity contribution < 1.29 is 14.3 Å². The number of hydrogen-bond donors (Lipinski definition) is 0. The van der Waals surface area contributed by atoms with Crippen LogP contribution in [0.15, 0.2) is 78.9 Å². The fourth-order valence-corrected chi connectivity index (χ4v) is 4.01. The van der Waals surface area contributed by atoms with Gasteiger partial charge in [-0.1, -0.05) is 42.5 Å². The van der Waals surface area contributed by atoms with Gasteiger partial charge in [-0.25, -0.2) is 0 Å². The molecule has 4 rings (SSSR count). The van der Waals surface area contributed by atoms with Gasteiger partial charge in [-0.15, -0.1) is 0 Å². The largest absolute Gasteiger partial charge is 0.497 e. The number of ether oxygens (including phenoxy) is 2. The Labute approximate surface area is 171 Å². The molecule has 0 N–H and O–H groups in total. The molecule has 0 unspecified atom stereocenters. The van der Waals surface area contributed by atoms with Crippen LogP contribution in [0.2, 0.25) is 0 Å². The van der Waals surface area contributed by atoms with Gasteiger partial charge in [-0.2, -0.15) is 0 Å². The molecule has 0 spiro atoms. The molecule has 0 aromatic heterocycles. The Bertz CT molecular complexity index is 952. The standard InChI is InChI=1S/C25H25NO3/c1-28-21-13-9-19(10-14-21)24-23(17-8-18-6-4-3-5-7-18)25(27)26(24)20-11-15-22(29-2)16-12-20/h3-7,9-16,23-24H,8,17H2,1-2H3/t23-,24-/m0/s1. The molecule has 0 saturated carbocycles. The van der Waals surface area contributed by atoms with Crippen molar-refractivity contribution in [1.29, 1.82) is 0 Å². The van der Waals surface area contributed by atoms with Crippen molar-refractivity contribution in [3.63, 3.8) is 0 Å². The minimum absolute atomic E-state index is 0.0190. The van der Waals surface area contributed by atoms with Crippen molar-refractivity contribution in [2.75, 3.05) is 19.1 Å². The highest BCUT2D eigenvalue weighted by atomic mass is 16.5. The van der Waals surface area contributed by atoms with E-state index in [1.807, 2.05) is 59.5 Å². The molecule has 1 saturated heterocycles. The maximum Gasteiger partial charge on any atom is 0.233 e. The highest BCUT2D eigenvalue weighted by Gasteiger charge is 2.48. The number of anilines is 1. The highest BCUT2D eigenvalue weighted by Crippen LogP contribution is 2.46. The van der Waals surface area contributed by atoms with Crippen LogP contribution in [0.4, 0.5) is 5.69 Å². The van der Waals surface area contributed by atoms with Crippen LogP contribution < -0.4 is 14.4 Å². The van der Waals surface area contributed by atoms with E-state index in [0.717, 1.165) is 35.6 Å². The fourth-order valence-electron chi connectivity index (χ4n) is 4.01. The zero-order valence-corrected chi connectivity index (χ0v) is 16.7. The molecule has 1 amide bonds. The van der Waals surface area contributed by atoms with Crippen molar-refractivity contribution in [3.8, 4) is 11.5 Å². The third-order valence-electron chi connectivity index (χ3n) is 5.61. The van der Waals surface area contributed by atoms with Crippen LogP contribution >= 0.6 is 0 Å². The molecule has 0 radical (unpaired) electrons. The number of benzene rings is 3. The van der Waals surface area contributed by atoms with Crippen LogP contribution in [0.5, 0.6) is 11.5 Å². The summed E-state index contributed by atoms with van der Waals surface area (Å²) < 4.78 is 10.6. The second kappa shape index (κ2) is 8.39.